The quantitative estimate of drug-likeness (QED) is 0.577. The SMILES string of the molecule is C[C@H](NC(=S)Nc1ccc(N)cc1)c1ccc(Br)cc1. The second kappa shape index (κ2) is 6.72. The standard InChI is InChI=1S/C15H16BrN3S/c1-10(11-2-4-12(16)5-3-11)18-15(20)19-14-8-6-13(17)7-9-14/h2-10H,17H2,1H3,(H2,18,19,20)/t10-/m0/s1. The predicted molar refractivity (Wildman–Crippen MR) is 92.8 cm³/mol. The first-order chi connectivity index (χ1) is 9.54. The van der Waals surface area contributed by atoms with E-state index in [1.54, 1.807) is 0 Å². The topological polar surface area (TPSA) is 50.1 Å². The van der Waals surface area contributed by atoms with Crippen LogP contribution < -0.4 is 16.4 Å². The molecule has 4 N–H and O–H groups in total. The van der Waals surface area contributed by atoms with Gasteiger partial charge in [-0.2, -0.15) is 0 Å². The number of benzene rings is 2. The molecule has 104 valence electrons. The maximum absolute atomic E-state index is 5.65. The third-order valence-electron chi connectivity index (χ3n) is 2.89. The summed E-state index contributed by atoms with van der Waals surface area (Å²) < 4.78 is 1.07. The highest BCUT2D eigenvalue weighted by molar-refractivity contribution is 9.10. The van der Waals surface area contributed by atoms with Gasteiger partial charge >= 0.3 is 0 Å². The van der Waals surface area contributed by atoms with E-state index in [2.05, 4.69) is 45.6 Å². The Balaban J connectivity index is 1.93. The molecule has 0 unspecified atom stereocenters. The zero-order chi connectivity index (χ0) is 14.5. The summed E-state index contributed by atoms with van der Waals surface area (Å²) in [5.74, 6) is 0. The molecule has 0 aliphatic carbocycles. The fraction of sp³-hybridized carbons (Fsp3) is 0.133. The summed E-state index contributed by atoms with van der Waals surface area (Å²) in [7, 11) is 0. The highest BCUT2D eigenvalue weighted by Gasteiger charge is 2.06. The van der Waals surface area contributed by atoms with Crippen molar-refractivity contribution < 1.29 is 0 Å². The van der Waals surface area contributed by atoms with Gasteiger partial charge in [0.2, 0.25) is 0 Å². The Bertz CT molecular complexity index is 581. The van der Waals surface area contributed by atoms with Gasteiger partial charge in [-0.3, -0.25) is 0 Å². The Morgan fingerprint density at radius 3 is 2.30 bits per heavy atom. The molecule has 0 aliphatic heterocycles. The highest BCUT2D eigenvalue weighted by atomic mass is 79.9. The van der Waals surface area contributed by atoms with E-state index in [1.807, 2.05) is 36.4 Å². The summed E-state index contributed by atoms with van der Waals surface area (Å²) in [5, 5.41) is 6.98. The Morgan fingerprint density at radius 2 is 1.70 bits per heavy atom. The highest BCUT2D eigenvalue weighted by Crippen LogP contribution is 2.17. The van der Waals surface area contributed by atoms with Crippen molar-refractivity contribution in [2.45, 2.75) is 13.0 Å². The average molecular weight is 350 g/mol. The van der Waals surface area contributed by atoms with E-state index in [-0.39, 0.29) is 6.04 Å². The first-order valence-corrected chi connectivity index (χ1v) is 7.43. The van der Waals surface area contributed by atoms with E-state index in [0.29, 0.717) is 5.11 Å². The maximum Gasteiger partial charge on any atom is 0.171 e. The van der Waals surface area contributed by atoms with Crippen LogP contribution in [0.15, 0.2) is 53.0 Å². The Kier molecular flexibility index (Phi) is 4.98. The normalized spacial score (nSPS) is 11.7. The lowest BCUT2D eigenvalue weighted by Gasteiger charge is -2.17. The minimum absolute atomic E-state index is 0.136. The fourth-order valence-electron chi connectivity index (χ4n) is 1.77. The van der Waals surface area contributed by atoms with E-state index < -0.39 is 0 Å². The molecule has 20 heavy (non-hydrogen) atoms. The summed E-state index contributed by atoms with van der Waals surface area (Å²) in [6, 6.07) is 15.8. The van der Waals surface area contributed by atoms with Crippen molar-refractivity contribution in [3.8, 4) is 0 Å². The molecule has 0 amide bonds. The second-order valence-electron chi connectivity index (χ2n) is 4.49. The van der Waals surface area contributed by atoms with Gasteiger partial charge in [-0.25, -0.2) is 0 Å². The van der Waals surface area contributed by atoms with Crippen molar-refractivity contribution in [2.24, 2.45) is 0 Å². The molecular weight excluding hydrogens is 334 g/mol. The zero-order valence-electron chi connectivity index (χ0n) is 11.1. The van der Waals surface area contributed by atoms with Crippen molar-refractivity contribution in [3.63, 3.8) is 0 Å². The van der Waals surface area contributed by atoms with Gasteiger partial charge in [-0.05, 0) is 61.1 Å². The molecule has 0 heterocycles. The van der Waals surface area contributed by atoms with Gasteiger partial charge in [-0.1, -0.05) is 28.1 Å². The van der Waals surface area contributed by atoms with Gasteiger partial charge in [-0.15, -0.1) is 0 Å². The molecular formula is C15H16BrN3S. The van der Waals surface area contributed by atoms with Crippen LogP contribution in [0.1, 0.15) is 18.5 Å². The van der Waals surface area contributed by atoms with Crippen molar-refractivity contribution in [2.75, 3.05) is 11.1 Å². The van der Waals surface area contributed by atoms with E-state index in [0.717, 1.165) is 15.8 Å². The number of rotatable bonds is 3. The Hall–Kier alpha value is -1.59. The van der Waals surface area contributed by atoms with Crippen LogP contribution in [0.5, 0.6) is 0 Å². The summed E-state index contributed by atoms with van der Waals surface area (Å²) >= 11 is 8.73. The van der Waals surface area contributed by atoms with Crippen molar-refractivity contribution >= 4 is 44.6 Å². The summed E-state index contributed by atoms with van der Waals surface area (Å²) in [6.45, 7) is 2.07. The molecule has 0 saturated heterocycles. The van der Waals surface area contributed by atoms with Crippen LogP contribution in [0.3, 0.4) is 0 Å². The Labute approximate surface area is 132 Å². The number of hydrogen-bond acceptors (Lipinski definition) is 2. The number of nitrogens with one attached hydrogen (secondary N) is 2. The molecule has 0 saturated carbocycles. The maximum atomic E-state index is 5.65. The number of halogens is 1. The van der Waals surface area contributed by atoms with Gasteiger partial charge in [0.1, 0.15) is 0 Å². The molecule has 2 aromatic carbocycles. The number of nitrogen functional groups attached to an aromatic ring is 1. The number of thiocarbonyl (C=S) groups is 1. The van der Waals surface area contributed by atoms with Crippen LogP contribution in [0.2, 0.25) is 0 Å². The summed E-state index contributed by atoms with van der Waals surface area (Å²) in [5.41, 5.74) is 8.47. The van der Waals surface area contributed by atoms with Crippen LogP contribution in [-0.4, -0.2) is 5.11 Å². The summed E-state index contributed by atoms with van der Waals surface area (Å²) in [6.07, 6.45) is 0. The van der Waals surface area contributed by atoms with Crippen LogP contribution in [0, 0.1) is 0 Å². The van der Waals surface area contributed by atoms with Crippen molar-refractivity contribution in [3.05, 3.63) is 58.6 Å². The molecule has 1 atom stereocenters. The molecule has 0 fully saturated rings. The minimum atomic E-state index is 0.136. The molecule has 2 aromatic rings. The van der Waals surface area contributed by atoms with Crippen molar-refractivity contribution in [1.29, 1.82) is 0 Å². The molecule has 0 aliphatic rings. The van der Waals surface area contributed by atoms with E-state index >= 15 is 0 Å². The van der Waals surface area contributed by atoms with E-state index in [9.17, 15) is 0 Å². The third-order valence-corrected chi connectivity index (χ3v) is 3.63. The first kappa shape index (κ1) is 14.8. The number of anilines is 2. The van der Waals surface area contributed by atoms with Gasteiger partial charge < -0.3 is 16.4 Å². The Morgan fingerprint density at radius 1 is 1.10 bits per heavy atom. The lowest BCUT2D eigenvalue weighted by molar-refractivity contribution is 0.722. The van der Waals surface area contributed by atoms with Gasteiger partial charge in [0.05, 0.1) is 6.04 Å². The molecule has 0 radical (unpaired) electrons. The molecule has 0 aromatic heterocycles. The molecule has 0 bridgehead atoms. The molecule has 0 spiro atoms. The lowest BCUT2D eigenvalue weighted by Crippen LogP contribution is -2.30. The second-order valence-corrected chi connectivity index (χ2v) is 5.82. The predicted octanol–water partition coefficient (Wildman–Crippen LogP) is 4.08. The van der Waals surface area contributed by atoms with Crippen LogP contribution in [0.4, 0.5) is 11.4 Å². The largest absolute Gasteiger partial charge is 0.399 e. The summed E-state index contributed by atoms with van der Waals surface area (Å²) in [4.78, 5) is 0. The van der Waals surface area contributed by atoms with Gasteiger partial charge in [0.15, 0.2) is 5.11 Å². The van der Waals surface area contributed by atoms with E-state index in [1.165, 1.54) is 5.56 Å². The van der Waals surface area contributed by atoms with Crippen LogP contribution in [0.25, 0.3) is 0 Å². The minimum Gasteiger partial charge on any atom is -0.399 e. The fourth-order valence-corrected chi connectivity index (χ4v) is 2.32. The van der Waals surface area contributed by atoms with Crippen LogP contribution >= 0.6 is 28.1 Å². The molecule has 3 nitrogen and oxygen atoms in total. The monoisotopic (exact) mass is 349 g/mol. The smallest absolute Gasteiger partial charge is 0.171 e. The lowest BCUT2D eigenvalue weighted by atomic mass is 10.1. The zero-order valence-corrected chi connectivity index (χ0v) is 13.5. The average Bonchev–Trinajstić information content (AvgIpc) is 2.42. The molecule has 5 heteroatoms. The van der Waals surface area contributed by atoms with Crippen LogP contribution in [-0.2, 0) is 0 Å². The van der Waals surface area contributed by atoms with E-state index in [4.69, 9.17) is 18.0 Å². The number of hydrogen-bond donors (Lipinski definition) is 3. The third kappa shape index (κ3) is 4.21. The van der Waals surface area contributed by atoms with Gasteiger partial charge in [0, 0.05) is 15.8 Å². The van der Waals surface area contributed by atoms with Crippen molar-refractivity contribution in [1.82, 2.24) is 5.32 Å². The van der Waals surface area contributed by atoms with Gasteiger partial charge in [0.25, 0.3) is 0 Å². The first-order valence-electron chi connectivity index (χ1n) is 6.23. The molecule has 2 rings (SSSR count). The number of nitrogens with two attached hydrogens (primary N) is 1.